The summed E-state index contributed by atoms with van der Waals surface area (Å²) in [4.78, 5) is 24.9. The van der Waals surface area contributed by atoms with Crippen LogP contribution in [0.15, 0.2) is 9.59 Å². The zero-order chi connectivity index (χ0) is 21.9. The maximum absolute atomic E-state index is 12.5. The molecule has 170 valence electrons. The molecule has 0 aliphatic carbocycles. The Morgan fingerprint density at radius 1 is 0.862 bits per heavy atom. The highest BCUT2D eigenvalue weighted by molar-refractivity contribution is 4.77. The lowest BCUT2D eigenvalue weighted by Gasteiger charge is -2.23. The normalized spacial score (nSPS) is 14.8. The minimum atomic E-state index is -0.826. The molecule has 2 atom stereocenters. The third-order valence-corrected chi connectivity index (χ3v) is 5.73. The molecular formula is C22H43N3O4. The van der Waals surface area contributed by atoms with E-state index in [4.69, 9.17) is 0 Å². The van der Waals surface area contributed by atoms with Crippen LogP contribution in [-0.4, -0.2) is 35.8 Å². The number of rotatable bonds is 16. The van der Waals surface area contributed by atoms with Crippen LogP contribution in [0, 0.1) is 0 Å². The summed E-state index contributed by atoms with van der Waals surface area (Å²) in [6, 6.07) is 0. The summed E-state index contributed by atoms with van der Waals surface area (Å²) >= 11 is 0. The van der Waals surface area contributed by atoms with E-state index < -0.39 is 5.60 Å². The SMILES string of the molecule is CCCCCCC(C)(O)CCn1c(=O)n(C)c(=O)n1CCCCCCCC(C)O. The van der Waals surface area contributed by atoms with Crippen LogP contribution in [0.2, 0.25) is 0 Å². The Bertz CT molecular complexity index is 685. The van der Waals surface area contributed by atoms with Gasteiger partial charge in [0.25, 0.3) is 0 Å². The van der Waals surface area contributed by atoms with Crippen molar-refractivity contribution in [1.29, 1.82) is 0 Å². The molecule has 1 heterocycles. The fourth-order valence-electron chi connectivity index (χ4n) is 3.70. The van der Waals surface area contributed by atoms with E-state index in [1.165, 1.54) is 22.8 Å². The van der Waals surface area contributed by atoms with Gasteiger partial charge in [0.2, 0.25) is 0 Å². The topological polar surface area (TPSA) is 89.4 Å². The van der Waals surface area contributed by atoms with E-state index in [2.05, 4.69) is 6.92 Å². The second-order valence-electron chi connectivity index (χ2n) is 8.83. The molecule has 1 aromatic heterocycles. The van der Waals surface area contributed by atoms with Crippen molar-refractivity contribution in [1.82, 2.24) is 13.9 Å². The fraction of sp³-hybridized carbons (Fsp3) is 0.909. The molecule has 0 saturated heterocycles. The summed E-state index contributed by atoms with van der Waals surface area (Å²) < 4.78 is 4.18. The average Bonchev–Trinajstić information content (AvgIpc) is 2.86. The number of aliphatic hydroxyl groups excluding tert-OH is 1. The molecule has 0 spiro atoms. The second kappa shape index (κ2) is 13.1. The molecule has 7 heteroatoms. The van der Waals surface area contributed by atoms with Gasteiger partial charge in [0.1, 0.15) is 0 Å². The first-order valence-electron chi connectivity index (χ1n) is 11.5. The summed E-state index contributed by atoms with van der Waals surface area (Å²) in [6.07, 6.45) is 11.2. The van der Waals surface area contributed by atoms with E-state index in [1.54, 1.807) is 0 Å². The van der Waals surface area contributed by atoms with Crippen molar-refractivity contribution in [3.63, 3.8) is 0 Å². The Morgan fingerprint density at radius 3 is 2.03 bits per heavy atom. The lowest BCUT2D eigenvalue weighted by Crippen LogP contribution is -2.32. The van der Waals surface area contributed by atoms with E-state index in [-0.39, 0.29) is 17.5 Å². The van der Waals surface area contributed by atoms with Crippen molar-refractivity contribution in [2.24, 2.45) is 7.05 Å². The van der Waals surface area contributed by atoms with E-state index >= 15 is 0 Å². The summed E-state index contributed by atoms with van der Waals surface area (Å²) in [5.41, 5.74) is -1.42. The summed E-state index contributed by atoms with van der Waals surface area (Å²) in [5, 5.41) is 19.9. The molecule has 2 unspecified atom stereocenters. The molecule has 2 N–H and O–H groups in total. The van der Waals surface area contributed by atoms with Crippen molar-refractivity contribution < 1.29 is 10.2 Å². The van der Waals surface area contributed by atoms with Gasteiger partial charge in [-0.3, -0.25) is 0 Å². The van der Waals surface area contributed by atoms with Crippen LogP contribution in [0.25, 0.3) is 0 Å². The third kappa shape index (κ3) is 9.34. The molecule has 1 aromatic rings. The lowest BCUT2D eigenvalue weighted by atomic mass is 9.94. The van der Waals surface area contributed by atoms with Gasteiger partial charge in [-0.1, -0.05) is 58.3 Å². The minimum Gasteiger partial charge on any atom is -0.393 e. The molecule has 0 bridgehead atoms. The molecule has 0 aliphatic rings. The fourth-order valence-corrected chi connectivity index (χ4v) is 3.70. The zero-order valence-electron chi connectivity index (χ0n) is 19.0. The summed E-state index contributed by atoms with van der Waals surface area (Å²) in [6.45, 7) is 6.66. The number of hydrogen-bond donors (Lipinski definition) is 2. The van der Waals surface area contributed by atoms with Crippen LogP contribution >= 0.6 is 0 Å². The van der Waals surface area contributed by atoms with Gasteiger partial charge < -0.3 is 10.2 Å². The highest BCUT2D eigenvalue weighted by atomic mass is 16.3. The summed E-state index contributed by atoms with van der Waals surface area (Å²) in [7, 11) is 1.51. The van der Waals surface area contributed by atoms with Crippen LogP contribution in [0.1, 0.15) is 97.8 Å². The molecular weight excluding hydrogens is 370 g/mol. The van der Waals surface area contributed by atoms with E-state index in [0.717, 1.165) is 62.4 Å². The van der Waals surface area contributed by atoms with E-state index in [0.29, 0.717) is 25.9 Å². The zero-order valence-corrected chi connectivity index (χ0v) is 19.0. The van der Waals surface area contributed by atoms with Crippen molar-refractivity contribution in [2.45, 2.75) is 123 Å². The Balaban J connectivity index is 2.57. The van der Waals surface area contributed by atoms with Gasteiger partial charge in [-0.15, -0.1) is 0 Å². The number of unbranched alkanes of at least 4 members (excludes halogenated alkanes) is 7. The molecule has 0 fully saturated rings. The van der Waals surface area contributed by atoms with Gasteiger partial charge in [-0.05, 0) is 39.5 Å². The van der Waals surface area contributed by atoms with Gasteiger partial charge in [0, 0.05) is 20.1 Å². The van der Waals surface area contributed by atoms with Crippen LogP contribution in [0.3, 0.4) is 0 Å². The third-order valence-electron chi connectivity index (χ3n) is 5.73. The standard InChI is InChI=1S/C22H43N3O4/c1-5-6-7-12-15-22(3,29)16-18-25-21(28)23(4)20(27)24(25)17-13-10-8-9-11-14-19(2)26/h19,26,29H,5-18H2,1-4H3. The van der Waals surface area contributed by atoms with E-state index in [1.807, 2.05) is 13.8 Å². The second-order valence-corrected chi connectivity index (χ2v) is 8.83. The largest absolute Gasteiger partial charge is 0.393 e. The number of aliphatic hydroxyl groups is 2. The van der Waals surface area contributed by atoms with Gasteiger partial charge in [-0.2, -0.15) is 0 Å². The molecule has 0 aliphatic heterocycles. The molecule has 7 nitrogen and oxygen atoms in total. The first kappa shape index (κ1) is 25.7. The molecule has 29 heavy (non-hydrogen) atoms. The maximum Gasteiger partial charge on any atom is 0.346 e. The molecule has 0 aromatic carbocycles. The predicted octanol–water partition coefficient (Wildman–Crippen LogP) is 3.18. The highest BCUT2D eigenvalue weighted by Crippen LogP contribution is 2.19. The number of nitrogens with zero attached hydrogens (tertiary/aromatic N) is 3. The van der Waals surface area contributed by atoms with Gasteiger partial charge in [0.15, 0.2) is 0 Å². The lowest BCUT2D eigenvalue weighted by molar-refractivity contribution is 0.0325. The predicted molar refractivity (Wildman–Crippen MR) is 117 cm³/mol. The van der Waals surface area contributed by atoms with Gasteiger partial charge in [-0.25, -0.2) is 23.5 Å². The Kier molecular flexibility index (Phi) is 11.6. The summed E-state index contributed by atoms with van der Waals surface area (Å²) in [5.74, 6) is 0. The Morgan fingerprint density at radius 2 is 1.41 bits per heavy atom. The Hall–Kier alpha value is -1.34. The quantitative estimate of drug-likeness (QED) is 0.407. The maximum atomic E-state index is 12.5. The minimum absolute atomic E-state index is 0.240. The molecule has 0 saturated carbocycles. The number of hydrogen-bond acceptors (Lipinski definition) is 4. The smallest absolute Gasteiger partial charge is 0.346 e. The monoisotopic (exact) mass is 413 g/mol. The van der Waals surface area contributed by atoms with Crippen molar-refractivity contribution in [3.8, 4) is 0 Å². The first-order valence-corrected chi connectivity index (χ1v) is 11.5. The average molecular weight is 414 g/mol. The van der Waals surface area contributed by atoms with E-state index in [9.17, 15) is 19.8 Å². The van der Waals surface area contributed by atoms with Crippen molar-refractivity contribution in [3.05, 3.63) is 21.0 Å². The van der Waals surface area contributed by atoms with Crippen molar-refractivity contribution in [2.75, 3.05) is 0 Å². The van der Waals surface area contributed by atoms with Crippen molar-refractivity contribution >= 4 is 0 Å². The molecule has 0 radical (unpaired) electrons. The Labute approximate surface area is 175 Å². The molecule has 1 rings (SSSR count). The highest BCUT2D eigenvalue weighted by Gasteiger charge is 2.22. The van der Waals surface area contributed by atoms with Gasteiger partial charge >= 0.3 is 11.4 Å². The van der Waals surface area contributed by atoms with Crippen LogP contribution in [0.5, 0.6) is 0 Å². The van der Waals surface area contributed by atoms with Gasteiger partial charge in [0.05, 0.1) is 11.7 Å². The molecule has 0 amide bonds. The van der Waals surface area contributed by atoms with Crippen LogP contribution in [-0.2, 0) is 20.1 Å². The van der Waals surface area contributed by atoms with Crippen LogP contribution < -0.4 is 11.4 Å². The number of aromatic nitrogens is 3. The van der Waals surface area contributed by atoms with Crippen LogP contribution in [0.4, 0.5) is 0 Å². The first-order chi connectivity index (χ1) is 13.7.